The summed E-state index contributed by atoms with van der Waals surface area (Å²) in [7, 11) is 0. The van der Waals surface area contributed by atoms with E-state index in [0.717, 1.165) is 25.3 Å². The van der Waals surface area contributed by atoms with Gasteiger partial charge in [0.05, 0.1) is 11.9 Å². The molecule has 0 aromatic carbocycles. The van der Waals surface area contributed by atoms with Crippen LogP contribution in [0.1, 0.15) is 38.2 Å². The molecule has 1 aliphatic rings. The molecular formula is C12H20FN3. The number of H-pyrrole nitrogens is 1. The van der Waals surface area contributed by atoms with E-state index in [4.69, 9.17) is 0 Å². The van der Waals surface area contributed by atoms with Crippen LogP contribution in [0.25, 0.3) is 0 Å². The molecule has 0 atom stereocenters. The first-order chi connectivity index (χ1) is 7.55. The molecule has 0 spiro atoms. The molecule has 0 radical (unpaired) electrons. The van der Waals surface area contributed by atoms with Crippen molar-refractivity contribution in [3.63, 3.8) is 0 Å². The van der Waals surface area contributed by atoms with Crippen LogP contribution >= 0.6 is 0 Å². The van der Waals surface area contributed by atoms with Gasteiger partial charge in [-0.3, -0.25) is 0 Å². The Morgan fingerprint density at radius 3 is 2.69 bits per heavy atom. The number of imidazole rings is 1. The van der Waals surface area contributed by atoms with Crippen LogP contribution in [0.5, 0.6) is 0 Å². The Hall–Kier alpha value is -0.900. The second-order valence-corrected chi connectivity index (χ2v) is 5.11. The molecule has 2 heterocycles. The van der Waals surface area contributed by atoms with E-state index >= 15 is 0 Å². The third kappa shape index (κ3) is 2.82. The lowest BCUT2D eigenvalue weighted by atomic mass is 9.94. The van der Waals surface area contributed by atoms with Crippen LogP contribution < -0.4 is 5.32 Å². The first kappa shape index (κ1) is 11.6. The van der Waals surface area contributed by atoms with Gasteiger partial charge in [0.15, 0.2) is 0 Å². The molecule has 2 N–H and O–H groups in total. The Morgan fingerprint density at radius 1 is 1.44 bits per heavy atom. The highest BCUT2D eigenvalue weighted by Crippen LogP contribution is 2.23. The Kier molecular flexibility index (Phi) is 3.28. The van der Waals surface area contributed by atoms with E-state index in [-0.39, 0.29) is 0 Å². The summed E-state index contributed by atoms with van der Waals surface area (Å²) in [5.74, 6) is 1.61. The topological polar surface area (TPSA) is 40.7 Å². The van der Waals surface area contributed by atoms with Crippen molar-refractivity contribution in [1.29, 1.82) is 0 Å². The first-order valence-corrected chi connectivity index (χ1v) is 5.99. The standard InChI is InChI=1S/C12H20FN3/c1-12(2,13)10-8-15-11(16-10)7-9-3-5-14-6-4-9/h8-9,14H,3-7H2,1-2H3,(H,15,16). The van der Waals surface area contributed by atoms with Crippen molar-refractivity contribution >= 4 is 0 Å². The predicted octanol–water partition coefficient (Wildman–Crippen LogP) is 2.16. The summed E-state index contributed by atoms with van der Waals surface area (Å²) >= 11 is 0. The first-order valence-electron chi connectivity index (χ1n) is 5.99. The van der Waals surface area contributed by atoms with Crippen LogP contribution in [0.2, 0.25) is 0 Å². The fraction of sp³-hybridized carbons (Fsp3) is 0.750. The van der Waals surface area contributed by atoms with Gasteiger partial charge in [-0.15, -0.1) is 0 Å². The Bertz CT molecular complexity index is 334. The van der Waals surface area contributed by atoms with Crippen LogP contribution in [0.3, 0.4) is 0 Å². The van der Waals surface area contributed by atoms with Crippen LogP contribution in [-0.2, 0) is 12.1 Å². The number of aromatic nitrogens is 2. The van der Waals surface area contributed by atoms with Gasteiger partial charge in [-0.05, 0) is 45.7 Å². The highest BCUT2D eigenvalue weighted by atomic mass is 19.1. The number of aromatic amines is 1. The molecule has 1 fully saturated rings. The Morgan fingerprint density at radius 2 is 2.12 bits per heavy atom. The number of hydrogen-bond donors (Lipinski definition) is 2. The summed E-state index contributed by atoms with van der Waals surface area (Å²) in [6.45, 7) is 5.28. The number of piperidine rings is 1. The minimum absolute atomic E-state index is 0.580. The van der Waals surface area contributed by atoms with Crippen molar-refractivity contribution in [1.82, 2.24) is 15.3 Å². The third-order valence-electron chi connectivity index (χ3n) is 3.21. The van der Waals surface area contributed by atoms with Gasteiger partial charge >= 0.3 is 0 Å². The van der Waals surface area contributed by atoms with Crippen molar-refractivity contribution in [3.8, 4) is 0 Å². The Balaban J connectivity index is 1.97. The van der Waals surface area contributed by atoms with E-state index in [1.54, 1.807) is 20.0 Å². The minimum atomic E-state index is -1.32. The van der Waals surface area contributed by atoms with Gasteiger partial charge in [0.1, 0.15) is 11.5 Å². The molecule has 1 aromatic rings. The molecule has 1 aliphatic heterocycles. The maximum absolute atomic E-state index is 13.6. The van der Waals surface area contributed by atoms with E-state index in [2.05, 4.69) is 15.3 Å². The molecule has 0 aliphatic carbocycles. The van der Waals surface area contributed by atoms with Gasteiger partial charge in [0.2, 0.25) is 0 Å². The van der Waals surface area contributed by atoms with E-state index in [9.17, 15) is 4.39 Å². The fourth-order valence-electron chi connectivity index (χ4n) is 2.13. The summed E-state index contributed by atoms with van der Waals surface area (Å²) in [6.07, 6.45) is 4.94. The maximum atomic E-state index is 13.6. The molecule has 4 heteroatoms. The summed E-state index contributed by atoms with van der Waals surface area (Å²) < 4.78 is 13.6. The second kappa shape index (κ2) is 4.53. The number of hydrogen-bond acceptors (Lipinski definition) is 2. The fourth-order valence-corrected chi connectivity index (χ4v) is 2.13. The predicted molar refractivity (Wildman–Crippen MR) is 62.0 cm³/mol. The summed E-state index contributed by atoms with van der Waals surface area (Å²) in [5.41, 5.74) is -0.740. The van der Waals surface area contributed by atoms with E-state index in [1.165, 1.54) is 12.8 Å². The van der Waals surface area contributed by atoms with Crippen LogP contribution in [0, 0.1) is 5.92 Å². The molecule has 16 heavy (non-hydrogen) atoms. The number of halogens is 1. The van der Waals surface area contributed by atoms with Crippen molar-refractivity contribution in [2.24, 2.45) is 5.92 Å². The number of rotatable bonds is 3. The molecule has 0 amide bonds. The molecular weight excluding hydrogens is 205 g/mol. The zero-order valence-corrected chi connectivity index (χ0v) is 10.0. The smallest absolute Gasteiger partial charge is 0.146 e. The van der Waals surface area contributed by atoms with Crippen molar-refractivity contribution in [3.05, 3.63) is 17.7 Å². The Labute approximate surface area is 95.9 Å². The number of nitrogens with zero attached hydrogens (tertiary/aromatic N) is 1. The third-order valence-corrected chi connectivity index (χ3v) is 3.21. The molecule has 0 saturated carbocycles. The molecule has 0 unspecified atom stereocenters. The normalized spacial score (nSPS) is 18.9. The van der Waals surface area contributed by atoms with Gasteiger partial charge in [-0.1, -0.05) is 0 Å². The highest BCUT2D eigenvalue weighted by molar-refractivity contribution is 5.09. The molecule has 1 aromatic heterocycles. The zero-order valence-electron chi connectivity index (χ0n) is 10.0. The van der Waals surface area contributed by atoms with Crippen molar-refractivity contribution in [2.45, 2.75) is 38.8 Å². The van der Waals surface area contributed by atoms with Crippen molar-refractivity contribution in [2.75, 3.05) is 13.1 Å². The van der Waals surface area contributed by atoms with Gasteiger partial charge in [-0.25, -0.2) is 9.37 Å². The van der Waals surface area contributed by atoms with E-state index < -0.39 is 5.67 Å². The maximum Gasteiger partial charge on any atom is 0.146 e. The van der Waals surface area contributed by atoms with E-state index in [1.807, 2.05) is 0 Å². The summed E-state index contributed by atoms with van der Waals surface area (Å²) in [4.78, 5) is 7.35. The number of alkyl halides is 1. The molecule has 1 saturated heterocycles. The minimum Gasteiger partial charge on any atom is -0.343 e. The summed E-state index contributed by atoms with van der Waals surface area (Å²) in [6, 6.07) is 0. The van der Waals surface area contributed by atoms with Crippen LogP contribution in [0.15, 0.2) is 6.20 Å². The van der Waals surface area contributed by atoms with Gasteiger partial charge in [0, 0.05) is 6.42 Å². The largest absolute Gasteiger partial charge is 0.343 e. The van der Waals surface area contributed by atoms with Crippen LogP contribution in [0.4, 0.5) is 4.39 Å². The lowest BCUT2D eigenvalue weighted by Crippen LogP contribution is -2.28. The molecule has 2 rings (SSSR count). The second-order valence-electron chi connectivity index (χ2n) is 5.11. The molecule has 0 bridgehead atoms. The van der Waals surface area contributed by atoms with Gasteiger partial charge in [-0.2, -0.15) is 0 Å². The average molecular weight is 225 g/mol. The van der Waals surface area contributed by atoms with E-state index in [0.29, 0.717) is 11.6 Å². The SMILES string of the molecule is CC(C)(F)c1cnc(CC2CCNCC2)[nH]1. The quantitative estimate of drug-likeness (QED) is 0.827. The monoisotopic (exact) mass is 225 g/mol. The highest BCUT2D eigenvalue weighted by Gasteiger charge is 2.22. The lowest BCUT2D eigenvalue weighted by Gasteiger charge is -2.21. The van der Waals surface area contributed by atoms with Gasteiger partial charge in [0.25, 0.3) is 0 Å². The van der Waals surface area contributed by atoms with Crippen LogP contribution in [-0.4, -0.2) is 23.1 Å². The molecule has 90 valence electrons. The average Bonchev–Trinajstić information content (AvgIpc) is 2.67. The number of nitrogens with one attached hydrogen (secondary N) is 2. The summed E-state index contributed by atoms with van der Waals surface area (Å²) in [5, 5.41) is 3.34. The van der Waals surface area contributed by atoms with Gasteiger partial charge < -0.3 is 10.3 Å². The van der Waals surface area contributed by atoms with Crippen molar-refractivity contribution < 1.29 is 4.39 Å². The lowest BCUT2D eigenvalue weighted by molar-refractivity contribution is 0.214. The molecule has 3 nitrogen and oxygen atoms in total. The zero-order chi connectivity index (χ0) is 11.6.